The minimum Gasteiger partial charge on any atom is -0.390 e. The second-order valence-corrected chi connectivity index (χ2v) is 11.3. The first-order chi connectivity index (χ1) is 16.2. The number of hydrogen-bond donors (Lipinski definition) is 5. The van der Waals surface area contributed by atoms with Crippen LogP contribution in [-0.4, -0.2) is 46.0 Å². The van der Waals surface area contributed by atoms with Gasteiger partial charge in [-0.2, -0.15) is 0 Å². The van der Waals surface area contributed by atoms with Crippen molar-refractivity contribution < 1.29 is 10.2 Å². The van der Waals surface area contributed by atoms with Crippen molar-refractivity contribution >= 4 is 16.9 Å². The molecule has 0 aliphatic heterocycles. The number of guanidine groups is 1. The van der Waals surface area contributed by atoms with Crippen LogP contribution in [0, 0.1) is 29.6 Å². The number of benzene rings is 1. The maximum atomic E-state index is 12.0. The minimum absolute atomic E-state index is 0.0704. The molecule has 6 N–H and O–H groups in total. The molecule has 7 atom stereocenters. The summed E-state index contributed by atoms with van der Waals surface area (Å²) in [5, 5.41) is 28.1. The van der Waals surface area contributed by atoms with Crippen LogP contribution in [0.4, 0.5) is 0 Å². The maximum absolute atomic E-state index is 12.0. The fraction of sp³-hybridized carbons (Fsp3) is 0.607. The molecule has 0 spiro atoms. The Morgan fingerprint density at radius 3 is 2.82 bits per heavy atom. The second kappa shape index (κ2) is 8.72. The van der Waals surface area contributed by atoms with Crippen LogP contribution in [0.5, 0.6) is 0 Å². The van der Waals surface area contributed by atoms with Gasteiger partial charge < -0.3 is 26.2 Å². The summed E-state index contributed by atoms with van der Waals surface area (Å²) in [7, 11) is 1.66. The number of aromatic nitrogens is 1. The fourth-order valence-corrected chi connectivity index (χ4v) is 7.79. The average molecular weight is 465 g/mol. The maximum Gasteiger partial charge on any atom is 0.188 e. The number of nitrogens with two attached hydrogens (primary N) is 1. The number of rotatable bonds is 6. The number of nitrogens with one attached hydrogen (secondary N) is 2. The smallest absolute Gasteiger partial charge is 0.188 e. The molecule has 4 aliphatic carbocycles. The SMILES string of the molecule is C=C(Cc1cc2ccccc2[nH]1)C1CC2CCC1C1C(CCC1(O)CCNC(N)=NC)C2(C)O. The number of aliphatic hydroxyl groups is 2. The van der Waals surface area contributed by atoms with Gasteiger partial charge in [0, 0.05) is 31.2 Å². The van der Waals surface area contributed by atoms with Crippen LogP contribution in [0.2, 0.25) is 0 Å². The number of aromatic amines is 1. The van der Waals surface area contributed by atoms with E-state index < -0.39 is 11.2 Å². The summed E-state index contributed by atoms with van der Waals surface area (Å²) in [6, 6.07) is 10.6. The molecule has 0 radical (unpaired) electrons. The zero-order valence-electron chi connectivity index (χ0n) is 20.6. The largest absolute Gasteiger partial charge is 0.390 e. The van der Waals surface area contributed by atoms with Gasteiger partial charge in [-0.05, 0) is 92.6 Å². The Labute approximate surface area is 202 Å². The van der Waals surface area contributed by atoms with Crippen LogP contribution in [0.15, 0.2) is 47.5 Å². The molecule has 4 aliphatic rings. The van der Waals surface area contributed by atoms with Gasteiger partial charge in [0.15, 0.2) is 5.96 Å². The molecule has 6 nitrogen and oxygen atoms in total. The quantitative estimate of drug-likeness (QED) is 0.255. The van der Waals surface area contributed by atoms with E-state index >= 15 is 0 Å². The van der Waals surface area contributed by atoms with E-state index in [9.17, 15) is 10.2 Å². The first-order valence-electron chi connectivity index (χ1n) is 12.9. The Morgan fingerprint density at radius 2 is 2.06 bits per heavy atom. The fourth-order valence-electron chi connectivity index (χ4n) is 7.79. The molecule has 6 rings (SSSR count). The second-order valence-electron chi connectivity index (χ2n) is 11.3. The molecule has 2 aromatic rings. The zero-order valence-corrected chi connectivity index (χ0v) is 20.6. The Hall–Kier alpha value is -2.31. The minimum atomic E-state index is -0.806. The van der Waals surface area contributed by atoms with E-state index in [4.69, 9.17) is 5.73 Å². The topological polar surface area (TPSA) is 107 Å². The summed E-state index contributed by atoms with van der Waals surface area (Å²) in [4.78, 5) is 7.53. The van der Waals surface area contributed by atoms with Crippen LogP contribution in [0.1, 0.15) is 51.1 Å². The average Bonchev–Trinajstić information content (AvgIpc) is 3.33. The predicted molar refractivity (Wildman–Crippen MR) is 137 cm³/mol. The van der Waals surface area contributed by atoms with E-state index in [1.54, 1.807) is 7.05 Å². The zero-order chi connectivity index (χ0) is 24.1. The summed E-state index contributed by atoms with van der Waals surface area (Å²) >= 11 is 0. The highest BCUT2D eigenvalue weighted by atomic mass is 16.3. The summed E-state index contributed by atoms with van der Waals surface area (Å²) in [6.45, 7) is 7.20. The molecule has 4 saturated carbocycles. The van der Waals surface area contributed by atoms with Crippen molar-refractivity contribution in [1.82, 2.24) is 10.3 Å². The monoisotopic (exact) mass is 464 g/mol. The molecular weight excluding hydrogens is 424 g/mol. The van der Waals surface area contributed by atoms with Crippen LogP contribution < -0.4 is 11.1 Å². The van der Waals surface area contributed by atoms with Gasteiger partial charge in [-0.15, -0.1) is 0 Å². The summed E-state index contributed by atoms with van der Waals surface area (Å²) in [5.74, 6) is 1.51. The molecule has 4 fully saturated rings. The molecular formula is C28H40N4O2. The van der Waals surface area contributed by atoms with E-state index in [0.29, 0.717) is 30.8 Å². The van der Waals surface area contributed by atoms with E-state index in [-0.39, 0.29) is 17.8 Å². The van der Waals surface area contributed by atoms with E-state index in [2.05, 4.69) is 52.2 Å². The highest BCUT2D eigenvalue weighted by Gasteiger charge is 2.62. The summed E-state index contributed by atoms with van der Waals surface area (Å²) < 4.78 is 0. The van der Waals surface area contributed by atoms with Gasteiger partial charge in [-0.1, -0.05) is 30.4 Å². The number of fused-ring (bicyclic) bond motifs is 3. The standard InChI is InChI=1S/C28H40N4O2/c1-17(14-20-15-18-6-4-5-7-24(18)32-20)22-16-19-8-9-21(22)25-23(27(19,2)33)10-11-28(25,34)12-13-31-26(29)30-3/h4-7,15,19,21-23,25,32-34H,1,8-14,16H2,2-3H3,(H3,29,30,31). The van der Waals surface area contributed by atoms with E-state index in [1.165, 1.54) is 16.7 Å². The lowest BCUT2D eigenvalue weighted by atomic mass is 9.65. The van der Waals surface area contributed by atoms with E-state index in [0.717, 1.165) is 44.0 Å². The first kappa shape index (κ1) is 23.4. The number of nitrogens with zero attached hydrogens (tertiary/aromatic N) is 1. The molecule has 7 unspecified atom stereocenters. The van der Waals surface area contributed by atoms with Gasteiger partial charge in [0.2, 0.25) is 0 Å². The molecule has 184 valence electrons. The number of aliphatic imine (C=N–C) groups is 1. The van der Waals surface area contributed by atoms with Crippen molar-refractivity contribution in [3.05, 3.63) is 48.2 Å². The highest BCUT2D eigenvalue weighted by molar-refractivity contribution is 5.80. The lowest BCUT2D eigenvalue weighted by Crippen LogP contribution is -2.47. The lowest BCUT2D eigenvalue weighted by Gasteiger charge is -2.42. The number of allylic oxidation sites excluding steroid dienone is 1. The summed E-state index contributed by atoms with van der Waals surface area (Å²) in [5.41, 5.74) is 7.84. The van der Waals surface area contributed by atoms with Crippen LogP contribution in [-0.2, 0) is 6.42 Å². The van der Waals surface area contributed by atoms with Gasteiger partial charge in [-0.25, -0.2) is 0 Å². The van der Waals surface area contributed by atoms with Gasteiger partial charge in [0.1, 0.15) is 0 Å². The number of para-hydroxylation sites is 1. The first-order valence-corrected chi connectivity index (χ1v) is 12.9. The molecule has 1 aromatic carbocycles. The van der Waals surface area contributed by atoms with Crippen LogP contribution in [0.25, 0.3) is 10.9 Å². The molecule has 1 heterocycles. The molecule has 0 amide bonds. The van der Waals surface area contributed by atoms with Gasteiger partial charge in [0.25, 0.3) is 0 Å². The lowest BCUT2D eigenvalue weighted by molar-refractivity contribution is -0.0854. The molecule has 1 aromatic heterocycles. The third kappa shape index (κ3) is 3.95. The third-order valence-corrected chi connectivity index (χ3v) is 9.52. The van der Waals surface area contributed by atoms with Crippen molar-refractivity contribution in [2.24, 2.45) is 40.3 Å². The van der Waals surface area contributed by atoms with Crippen molar-refractivity contribution in [3.8, 4) is 0 Å². The Kier molecular flexibility index (Phi) is 6.01. The molecule has 2 bridgehead atoms. The Bertz CT molecular complexity index is 1060. The Balaban J connectivity index is 1.40. The van der Waals surface area contributed by atoms with Gasteiger partial charge in [-0.3, -0.25) is 4.99 Å². The molecule has 6 heteroatoms. The van der Waals surface area contributed by atoms with Crippen LogP contribution >= 0.6 is 0 Å². The van der Waals surface area contributed by atoms with Crippen LogP contribution in [0.3, 0.4) is 0 Å². The third-order valence-electron chi connectivity index (χ3n) is 9.52. The highest BCUT2D eigenvalue weighted by Crippen LogP contribution is 2.62. The normalized spacial score (nSPS) is 37.5. The van der Waals surface area contributed by atoms with Crippen molar-refractivity contribution in [2.45, 2.75) is 63.1 Å². The summed E-state index contributed by atoms with van der Waals surface area (Å²) in [6.07, 6.45) is 6.08. The number of hydrogen-bond acceptors (Lipinski definition) is 3. The van der Waals surface area contributed by atoms with Gasteiger partial charge >= 0.3 is 0 Å². The predicted octanol–water partition coefficient (Wildman–Crippen LogP) is 3.75. The van der Waals surface area contributed by atoms with Gasteiger partial charge in [0.05, 0.1) is 11.2 Å². The molecule has 0 saturated heterocycles. The van der Waals surface area contributed by atoms with Crippen molar-refractivity contribution in [1.29, 1.82) is 0 Å². The van der Waals surface area contributed by atoms with Crippen molar-refractivity contribution in [3.63, 3.8) is 0 Å². The Morgan fingerprint density at radius 1 is 1.26 bits per heavy atom. The molecule has 34 heavy (non-hydrogen) atoms. The van der Waals surface area contributed by atoms with E-state index in [1.807, 2.05) is 6.92 Å². The van der Waals surface area contributed by atoms with Crippen molar-refractivity contribution in [2.75, 3.05) is 13.6 Å². The number of H-pyrrole nitrogens is 1.